The maximum Gasteiger partial charge on any atom is 0.342 e. The molecule has 0 unspecified atom stereocenters. The number of ether oxygens (including phenoxy) is 2. The number of esters is 2. The molecule has 1 N–H and O–H groups in total. The smallest absolute Gasteiger partial charge is 0.342 e. The fourth-order valence-corrected chi connectivity index (χ4v) is 5.11. The molecule has 3 heterocycles. The van der Waals surface area contributed by atoms with Gasteiger partial charge in [-0.1, -0.05) is 24.3 Å². The first-order valence-electron chi connectivity index (χ1n) is 12.7. The summed E-state index contributed by atoms with van der Waals surface area (Å²) < 4.78 is 11.2. The molecule has 2 atom stereocenters. The minimum atomic E-state index is -0.644. The Morgan fingerprint density at radius 3 is 2.76 bits per heavy atom. The van der Waals surface area contributed by atoms with E-state index in [-0.39, 0.29) is 29.3 Å². The normalized spacial score (nSPS) is 21.8. The van der Waals surface area contributed by atoms with Crippen molar-refractivity contribution in [3.05, 3.63) is 70.9 Å². The summed E-state index contributed by atoms with van der Waals surface area (Å²) >= 11 is 0. The molecule has 2 aliphatic rings. The van der Waals surface area contributed by atoms with E-state index in [0.717, 1.165) is 16.5 Å². The molecule has 2 aromatic carbocycles. The maximum absolute atomic E-state index is 13.3. The Morgan fingerprint density at radius 1 is 1.05 bits per heavy atom. The quantitative estimate of drug-likeness (QED) is 0.330. The summed E-state index contributed by atoms with van der Waals surface area (Å²) in [4.78, 5) is 42.4. The molecule has 7 heteroatoms. The van der Waals surface area contributed by atoms with Crippen LogP contribution < -0.4 is 4.74 Å². The lowest BCUT2D eigenvalue weighted by Crippen LogP contribution is -2.23. The lowest BCUT2D eigenvalue weighted by molar-refractivity contribution is -0.135. The van der Waals surface area contributed by atoms with E-state index in [4.69, 9.17) is 9.47 Å². The van der Waals surface area contributed by atoms with Crippen LogP contribution in [-0.4, -0.2) is 33.9 Å². The highest BCUT2D eigenvalue weighted by molar-refractivity contribution is 5.98. The van der Waals surface area contributed by atoms with Crippen molar-refractivity contribution in [3.63, 3.8) is 0 Å². The Labute approximate surface area is 215 Å². The highest BCUT2D eigenvalue weighted by Gasteiger charge is 2.35. The van der Waals surface area contributed by atoms with E-state index >= 15 is 0 Å². The first-order valence-corrected chi connectivity index (χ1v) is 12.7. The van der Waals surface area contributed by atoms with E-state index in [9.17, 15) is 19.5 Å². The Morgan fingerprint density at radius 2 is 1.89 bits per heavy atom. The summed E-state index contributed by atoms with van der Waals surface area (Å²) in [5, 5.41) is 12.4. The number of hydrogen-bond donors (Lipinski definition) is 1. The molecule has 0 radical (unpaired) electrons. The van der Waals surface area contributed by atoms with E-state index < -0.39 is 24.0 Å². The number of carbonyl (C=O) groups is 3. The molecule has 0 bridgehead atoms. The Hall–Kier alpha value is -4.00. The van der Waals surface area contributed by atoms with Crippen LogP contribution in [0.15, 0.2) is 48.7 Å². The van der Waals surface area contributed by atoms with Gasteiger partial charge in [0.1, 0.15) is 22.8 Å². The second-order valence-corrected chi connectivity index (χ2v) is 9.73. The largest absolute Gasteiger partial charge is 0.507 e. The van der Waals surface area contributed by atoms with Gasteiger partial charge in [0.2, 0.25) is 0 Å². The van der Waals surface area contributed by atoms with Gasteiger partial charge in [0, 0.05) is 35.9 Å². The van der Waals surface area contributed by atoms with E-state index in [2.05, 4.69) is 4.98 Å². The second-order valence-electron chi connectivity index (χ2n) is 9.73. The average Bonchev–Trinajstić information content (AvgIpc) is 2.87. The minimum Gasteiger partial charge on any atom is -0.507 e. The SMILES string of the molecule is C[C@H]1CCCC(=O)CCC/C=C/c2cc3c(c(O)c2C(=O)O1)[C@H](c1ccc2ncccc2c1)CC(=O)O3. The van der Waals surface area contributed by atoms with Crippen molar-refractivity contribution in [1.29, 1.82) is 0 Å². The number of nitrogens with zero attached hydrogens (tertiary/aromatic N) is 1. The van der Waals surface area contributed by atoms with Crippen molar-refractivity contribution in [1.82, 2.24) is 4.98 Å². The van der Waals surface area contributed by atoms with Gasteiger partial charge in [-0.05, 0) is 68.0 Å². The predicted molar refractivity (Wildman–Crippen MR) is 139 cm³/mol. The molecule has 0 fully saturated rings. The number of allylic oxidation sites excluding steroid dienone is 1. The number of rotatable bonds is 1. The maximum atomic E-state index is 13.3. The third-order valence-corrected chi connectivity index (χ3v) is 7.01. The third kappa shape index (κ3) is 5.26. The molecule has 2 aliphatic heterocycles. The number of cyclic esters (lactones) is 1. The predicted octanol–water partition coefficient (Wildman–Crippen LogP) is 5.86. The molecule has 0 saturated heterocycles. The molecule has 7 nitrogen and oxygen atoms in total. The molecule has 0 amide bonds. The van der Waals surface area contributed by atoms with Crippen LogP contribution in [0.25, 0.3) is 17.0 Å². The summed E-state index contributed by atoms with van der Waals surface area (Å²) in [6.07, 6.45) is 8.41. The van der Waals surface area contributed by atoms with Crippen molar-refractivity contribution in [2.45, 2.75) is 63.9 Å². The van der Waals surface area contributed by atoms with Gasteiger partial charge < -0.3 is 14.6 Å². The van der Waals surface area contributed by atoms with Gasteiger partial charge in [0.15, 0.2) is 0 Å². The molecular weight excluding hydrogens is 470 g/mol. The minimum absolute atomic E-state index is 0.0282. The molecular formula is C30H29NO6. The molecule has 0 saturated carbocycles. The van der Waals surface area contributed by atoms with E-state index in [0.29, 0.717) is 49.7 Å². The van der Waals surface area contributed by atoms with Crippen LogP contribution in [0.2, 0.25) is 0 Å². The second kappa shape index (κ2) is 10.5. The number of ketones is 1. The number of phenolic OH excluding ortho intramolecular Hbond substituents is 1. The van der Waals surface area contributed by atoms with Crippen molar-refractivity contribution >= 4 is 34.7 Å². The number of aromatic nitrogens is 1. The van der Waals surface area contributed by atoms with E-state index in [1.807, 2.05) is 36.4 Å². The number of pyridine rings is 1. The summed E-state index contributed by atoms with van der Waals surface area (Å²) in [6, 6.07) is 11.1. The molecule has 3 aromatic rings. The number of benzene rings is 2. The third-order valence-electron chi connectivity index (χ3n) is 7.01. The lowest BCUT2D eigenvalue weighted by Gasteiger charge is -2.28. The summed E-state index contributed by atoms with van der Waals surface area (Å²) in [7, 11) is 0. The summed E-state index contributed by atoms with van der Waals surface area (Å²) in [5.74, 6) is -1.36. The molecule has 0 spiro atoms. The molecule has 0 aliphatic carbocycles. The standard InChI is InChI=1S/C30H29NO6/c1-18-7-5-11-22(32)10-4-2-3-8-21-16-25-28(29(34)27(21)30(35)36-18)23(17-26(33)37-25)19-12-13-24-20(15-19)9-6-14-31-24/h3,6,8-9,12-16,18,23,34H,2,4-5,7,10-11,17H2,1H3/b8-3+/t18-,23-/m0/s1. The first-order chi connectivity index (χ1) is 17.9. The number of Topliss-reactive ketones (excluding diaryl/α,β-unsaturated/α-hetero) is 1. The van der Waals surface area contributed by atoms with Crippen LogP contribution in [-0.2, 0) is 14.3 Å². The first kappa shape index (κ1) is 24.7. The monoisotopic (exact) mass is 499 g/mol. The number of aromatic hydroxyl groups is 1. The van der Waals surface area contributed by atoms with Crippen LogP contribution in [0.5, 0.6) is 11.5 Å². The van der Waals surface area contributed by atoms with Gasteiger partial charge in [-0.15, -0.1) is 0 Å². The summed E-state index contributed by atoms with van der Waals surface area (Å²) in [6.45, 7) is 1.78. The van der Waals surface area contributed by atoms with Gasteiger partial charge in [-0.3, -0.25) is 14.6 Å². The fraction of sp³-hybridized carbons (Fsp3) is 0.333. The van der Waals surface area contributed by atoms with Crippen molar-refractivity contribution in [2.24, 2.45) is 0 Å². The Balaban J connectivity index is 1.61. The molecule has 37 heavy (non-hydrogen) atoms. The van der Waals surface area contributed by atoms with Crippen LogP contribution in [0.4, 0.5) is 0 Å². The zero-order chi connectivity index (χ0) is 25.9. The summed E-state index contributed by atoms with van der Waals surface area (Å²) in [5.41, 5.74) is 2.50. The highest BCUT2D eigenvalue weighted by Crippen LogP contribution is 2.47. The van der Waals surface area contributed by atoms with Crippen molar-refractivity contribution in [3.8, 4) is 11.5 Å². The van der Waals surface area contributed by atoms with Gasteiger partial charge in [-0.25, -0.2) is 4.79 Å². The molecule has 5 rings (SSSR count). The Bertz CT molecular complexity index is 1410. The average molecular weight is 500 g/mol. The zero-order valence-electron chi connectivity index (χ0n) is 20.7. The highest BCUT2D eigenvalue weighted by atomic mass is 16.5. The lowest BCUT2D eigenvalue weighted by atomic mass is 9.83. The van der Waals surface area contributed by atoms with Crippen molar-refractivity contribution in [2.75, 3.05) is 0 Å². The van der Waals surface area contributed by atoms with E-state index in [1.165, 1.54) is 0 Å². The van der Waals surface area contributed by atoms with Gasteiger partial charge in [-0.2, -0.15) is 0 Å². The van der Waals surface area contributed by atoms with Gasteiger partial charge in [0.05, 0.1) is 18.0 Å². The fourth-order valence-electron chi connectivity index (χ4n) is 5.11. The number of carbonyl (C=O) groups excluding carboxylic acids is 3. The van der Waals surface area contributed by atoms with E-state index in [1.54, 1.807) is 25.3 Å². The van der Waals surface area contributed by atoms with Crippen LogP contribution in [0.3, 0.4) is 0 Å². The Kier molecular flexibility index (Phi) is 7.04. The number of phenols is 1. The van der Waals surface area contributed by atoms with Gasteiger partial charge >= 0.3 is 11.9 Å². The van der Waals surface area contributed by atoms with Crippen molar-refractivity contribution < 1.29 is 29.0 Å². The number of hydrogen-bond acceptors (Lipinski definition) is 7. The molecule has 1 aromatic heterocycles. The topological polar surface area (TPSA) is 103 Å². The van der Waals surface area contributed by atoms with Gasteiger partial charge in [0.25, 0.3) is 0 Å². The zero-order valence-corrected chi connectivity index (χ0v) is 20.7. The number of fused-ring (bicyclic) bond motifs is 3. The van der Waals surface area contributed by atoms with Crippen LogP contribution in [0.1, 0.15) is 84.8 Å². The van der Waals surface area contributed by atoms with Crippen LogP contribution in [0, 0.1) is 0 Å². The van der Waals surface area contributed by atoms with Crippen LogP contribution >= 0.6 is 0 Å². The molecule has 190 valence electrons.